The standard InChI is InChI=1S/C13H19F2NO3/c1-3-9(16)12(17)8-5-6-10(19-13(14)15)11(7-8)18-4-2/h5-7,9,12-13,17H,3-4,16H2,1-2H3. The summed E-state index contributed by atoms with van der Waals surface area (Å²) in [5.41, 5.74) is 6.26. The van der Waals surface area contributed by atoms with Crippen LogP contribution < -0.4 is 15.2 Å². The molecule has 2 atom stereocenters. The summed E-state index contributed by atoms with van der Waals surface area (Å²) in [6, 6.07) is 3.90. The van der Waals surface area contributed by atoms with Gasteiger partial charge in [-0.05, 0) is 31.0 Å². The third-order valence-electron chi connectivity index (χ3n) is 2.70. The molecule has 0 aliphatic rings. The molecule has 0 aromatic heterocycles. The van der Waals surface area contributed by atoms with Gasteiger partial charge in [-0.2, -0.15) is 8.78 Å². The van der Waals surface area contributed by atoms with Crippen molar-refractivity contribution in [2.24, 2.45) is 5.73 Å². The summed E-state index contributed by atoms with van der Waals surface area (Å²) < 4.78 is 34.1. The van der Waals surface area contributed by atoms with E-state index in [4.69, 9.17) is 10.5 Å². The maximum absolute atomic E-state index is 12.2. The van der Waals surface area contributed by atoms with Crippen LogP contribution in [0.4, 0.5) is 8.78 Å². The van der Waals surface area contributed by atoms with Gasteiger partial charge in [0, 0.05) is 6.04 Å². The Morgan fingerprint density at radius 3 is 2.47 bits per heavy atom. The Morgan fingerprint density at radius 2 is 1.95 bits per heavy atom. The van der Waals surface area contributed by atoms with E-state index < -0.39 is 18.8 Å². The topological polar surface area (TPSA) is 64.7 Å². The van der Waals surface area contributed by atoms with Crippen molar-refractivity contribution >= 4 is 0 Å². The maximum atomic E-state index is 12.2. The first-order valence-corrected chi connectivity index (χ1v) is 6.14. The van der Waals surface area contributed by atoms with E-state index >= 15 is 0 Å². The highest BCUT2D eigenvalue weighted by Gasteiger charge is 2.18. The molecule has 0 saturated heterocycles. The number of hydrogen-bond donors (Lipinski definition) is 2. The van der Waals surface area contributed by atoms with E-state index in [9.17, 15) is 13.9 Å². The molecule has 1 aromatic rings. The van der Waals surface area contributed by atoms with Crippen LogP contribution in [0.25, 0.3) is 0 Å². The van der Waals surface area contributed by atoms with Gasteiger partial charge in [-0.25, -0.2) is 0 Å². The van der Waals surface area contributed by atoms with Crippen LogP contribution in [-0.4, -0.2) is 24.4 Å². The highest BCUT2D eigenvalue weighted by Crippen LogP contribution is 2.32. The fourth-order valence-corrected chi connectivity index (χ4v) is 1.64. The van der Waals surface area contributed by atoms with Crippen LogP contribution in [0.3, 0.4) is 0 Å². The van der Waals surface area contributed by atoms with Gasteiger partial charge in [0.2, 0.25) is 0 Å². The fraction of sp³-hybridized carbons (Fsp3) is 0.538. The second-order valence-electron chi connectivity index (χ2n) is 4.03. The lowest BCUT2D eigenvalue weighted by atomic mass is 10.0. The predicted molar refractivity (Wildman–Crippen MR) is 67.5 cm³/mol. The number of alkyl halides is 2. The Kier molecular flexibility index (Phi) is 5.98. The van der Waals surface area contributed by atoms with Gasteiger partial charge in [-0.15, -0.1) is 0 Å². The van der Waals surface area contributed by atoms with E-state index in [1.807, 2.05) is 6.92 Å². The minimum Gasteiger partial charge on any atom is -0.490 e. The Labute approximate surface area is 111 Å². The van der Waals surface area contributed by atoms with Gasteiger partial charge in [0.15, 0.2) is 11.5 Å². The Balaban J connectivity index is 3.01. The summed E-state index contributed by atoms with van der Waals surface area (Å²) in [6.07, 6.45) is -0.273. The molecule has 0 amide bonds. The van der Waals surface area contributed by atoms with Crippen molar-refractivity contribution in [1.82, 2.24) is 0 Å². The highest BCUT2D eigenvalue weighted by molar-refractivity contribution is 5.44. The van der Waals surface area contributed by atoms with Crippen LogP contribution in [0.15, 0.2) is 18.2 Å². The zero-order valence-corrected chi connectivity index (χ0v) is 11.0. The lowest BCUT2D eigenvalue weighted by Crippen LogP contribution is -2.27. The second kappa shape index (κ2) is 7.25. The molecular weight excluding hydrogens is 256 g/mol. The molecule has 108 valence electrons. The predicted octanol–water partition coefficient (Wildman–Crippen LogP) is 2.46. The first-order chi connectivity index (χ1) is 8.99. The molecule has 0 heterocycles. The van der Waals surface area contributed by atoms with Crippen molar-refractivity contribution in [3.63, 3.8) is 0 Å². The third kappa shape index (κ3) is 4.33. The minimum atomic E-state index is -2.92. The molecule has 0 spiro atoms. The zero-order chi connectivity index (χ0) is 14.4. The van der Waals surface area contributed by atoms with Crippen molar-refractivity contribution in [1.29, 1.82) is 0 Å². The van der Waals surface area contributed by atoms with Gasteiger partial charge < -0.3 is 20.3 Å². The maximum Gasteiger partial charge on any atom is 0.387 e. The average molecular weight is 275 g/mol. The van der Waals surface area contributed by atoms with Crippen LogP contribution in [0.2, 0.25) is 0 Å². The van der Waals surface area contributed by atoms with Gasteiger partial charge in [-0.3, -0.25) is 0 Å². The van der Waals surface area contributed by atoms with E-state index in [0.717, 1.165) is 0 Å². The van der Waals surface area contributed by atoms with E-state index in [1.54, 1.807) is 6.92 Å². The lowest BCUT2D eigenvalue weighted by Gasteiger charge is -2.19. The molecular formula is C13H19F2NO3. The molecule has 0 aliphatic carbocycles. The van der Waals surface area contributed by atoms with Crippen molar-refractivity contribution in [3.8, 4) is 11.5 Å². The van der Waals surface area contributed by atoms with Crippen molar-refractivity contribution in [2.75, 3.05) is 6.61 Å². The molecule has 0 bridgehead atoms. The second-order valence-corrected chi connectivity index (χ2v) is 4.03. The van der Waals surface area contributed by atoms with Gasteiger partial charge in [0.25, 0.3) is 0 Å². The monoisotopic (exact) mass is 275 g/mol. The summed E-state index contributed by atoms with van der Waals surface area (Å²) in [5.74, 6) is 0.112. The minimum absolute atomic E-state index is 0.0575. The van der Waals surface area contributed by atoms with Crippen LogP contribution in [-0.2, 0) is 0 Å². The number of halogens is 2. The Morgan fingerprint density at radius 1 is 1.26 bits per heavy atom. The quantitative estimate of drug-likeness (QED) is 0.802. The summed E-state index contributed by atoms with van der Waals surface area (Å²) in [5, 5.41) is 9.98. The number of ether oxygens (including phenoxy) is 2. The first kappa shape index (κ1) is 15.7. The number of aliphatic hydroxyl groups excluding tert-OH is 1. The smallest absolute Gasteiger partial charge is 0.387 e. The molecule has 3 N–H and O–H groups in total. The molecule has 4 nitrogen and oxygen atoms in total. The lowest BCUT2D eigenvalue weighted by molar-refractivity contribution is -0.0514. The van der Waals surface area contributed by atoms with Crippen LogP contribution in [0, 0.1) is 0 Å². The highest BCUT2D eigenvalue weighted by atomic mass is 19.3. The molecule has 0 fully saturated rings. The Bertz CT molecular complexity index is 401. The van der Waals surface area contributed by atoms with E-state index in [0.29, 0.717) is 18.6 Å². The SMILES string of the molecule is CCOc1cc(C(O)C(N)CC)ccc1OC(F)F. The van der Waals surface area contributed by atoms with Crippen molar-refractivity contribution in [3.05, 3.63) is 23.8 Å². The van der Waals surface area contributed by atoms with Crippen LogP contribution in [0.1, 0.15) is 31.9 Å². The van der Waals surface area contributed by atoms with E-state index in [-0.39, 0.29) is 11.5 Å². The number of rotatable bonds is 7. The number of benzene rings is 1. The molecule has 0 radical (unpaired) electrons. The van der Waals surface area contributed by atoms with Gasteiger partial charge in [0.05, 0.1) is 12.7 Å². The molecule has 6 heteroatoms. The van der Waals surface area contributed by atoms with Gasteiger partial charge >= 0.3 is 6.61 Å². The summed E-state index contributed by atoms with van der Waals surface area (Å²) in [4.78, 5) is 0. The van der Waals surface area contributed by atoms with E-state index in [2.05, 4.69) is 4.74 Å². The van der Waals surface area contributed by atoms with Crippen molar-refractivity contribution in [2.45, 2.75) is 39.0 Å². The van der Waals surface area contributed by atoms with Gasteiger partial charge in [-0.1, -0.05) is 13.0 Å². The van der Waals surface area contributed by atoms with Crippen LogP contribution in [0.5, 0.6) is 11.5 Å². The molecule has 1 rings (SSSR count). The summed E-state index contributed by atoms with van der Waals surface area (Å²) in [6.45, 7) is 0.963. The first-order valence-electron chi connectivity index (χ1n) is 6.14. The summed E-state index contributed by atoms with van der Waals surface area (Å²) >= 11 is 0. The number of nitrogens with two attached hydrogens (primary N) is 1. The average Bonchev–Trinajstić information content (AvgIpc) is 2.38. The number of hydrogen-bond acceptors (Lipinski definition) is 4. The van der Waals surface area contributed by atoms with Crippen molar-refractivity contribution < 1.29 is 23.4 Å². The molecule has 19 heavy (non-hydrogen) atoms. The largest absolute Gasteiger partial charge is 0.490 e. The zero-order valence-electron chi connectivity index (χ0n) is 11.0. The molecule has 1 aromatic carbocycles. The molecule has 0 aliphatic heterocycles. The Hall–Kier alpha value is -1.40. The summed E-state index contributed by atoms with van der Waals surface area (Å²) in [7, 11) is 0. The normalized spacial score (nSPS) is 14.3. The third-order valence-corrected chi connectivity index (χ3v) is 2.70. The molecule has 0 saturated carbocycles. The van der Waals surface area contributed by atoms with Crippen LogP contribution >= 0.6 is 0 Å². The van der Waals surface area contributed by atoms with Gasteiger partial charge in [0.1, 0.15) is 0 Å². The molecule has 2 unspecified atom stereocenters. The fourth-order valence-electron chi connectivity index (χ4n) is 1.64. The number of aliphatic hydroxyl groups is 1. The van der Waals surface area contributed by atoms with E-state index in [1.165, 1.54) is 18.2 Å².